The van der Waals surface area contributed by atoms with E-state index in [4.69, 9.17) is 15.0 Å². The lowest BCUT2D eigenvalue weighted by Crippen LogP contribution is -2.67. The number of nitrogens with zero attached hydrogens (tertiary/aromatic N) is 7. The lowest BCUT2D eigenvalue weighted by molar-refractivity contribution is -0.294. The van der Waals surface area contributed by atoms with Gasteiger partial charge in [-0.25, -0.2) is 0 Å². The summed E-state index contributed by atoms with van der Waals surface area (Å²) in [5.41, 5.74) is -3.48. The molecule has 3 fully saturated rings. The zero-order valence-electron chi connectivity index (χ0n) is 28.8. The molecule has 0 atom stereocenters. The second-order valence-corrected chi connectivity index (χ2v) is 17.1. The molecular weight excluding hydrogens is 546 g/mol. The van der Waals surface area contributed by atoms with E-state index in [9.17, 15) is 15.6 Å². The van der Waals surface area contributed by atoms with E-state index in [1.807, 2.05) is 83.1 Å². The maximum Gasteiger partial charge on any atom is 0.232 e. The Morgan fingerprint density at radius 1 is 0.558 bits per heavy atom. The highest BCUT2D eigenvalue weighted by Gasteiger charge is 2.53. The lowest BCUT2D eigenvalue weighted by atomic mass is 9.75. The molecule has 4 rings (SSSR count). The van der Waals surface area contributed by atoms with Gasteiger partial charge in [0.25, 0.3) is 0 Å². The van der Waals surface area contributed by atoms with Crippen LogP contribution in [-0.4, -0.2) is 88.5 Å². The number of hydrogen-bond acceptors (Lipinski definition) is 9. The van der Waals surface area contributed by atoms with Gasteiger partial charge in [0.15, 0.2) is 0 Å². The summed E-state index contributed by atoms with van der Waals surface area (Å²) < 4.78 is 0. The van der Waals surface area contributed by atoms with Gasteiger partial charge in [-0.15, -0.1) is 30.8 Å². The van der Waals surface area contributed by atoms with Gasteiger partial charge in [0.2, 0.25) is 17.8 Å². The van der Waals surface area contributed by atoms with Crippen molar-refractivity contribution in [2.24, 2.45) is 0 Å². The molecule has 0 spiro atoms. The molecule has 43 heavy (non-hydrogen) atoms. The van der Waals surface area contributed by atoms with Crippen LogP contribution in [0.3, 0.4) is 0 Å². The topological polar surface area (TPSA) is 135 Å². The van der Waals surface area contributed by atoms with E-state index in [1.54, 1.807) is 7.05 Å². The van der Waals surface area contributed by atoms with Gasteiger partial charge in [0.1, 0.15) is 0 Å². The van der Waals surface area contributed by atoms with Crippen molar-refractivity contribution in [2.45, 2.75) is 173 Å². The minimum Gasteiger partial charge on any atom is -0.357 e. The van der Waals surface area contributed by atoms with Gasteiger partial charge in [-0.05, 0) is 122 Å². The first-order valence-corrected chi connectivity index (χ1v) is 15.8. The highest BCUT2D eigenvalue weighted by atomic mass is 16.5. The number of piperidine rings is 3. The van der Waals surface area contributed by atoms with Crippen molar-refractivity contribution in [1.82, 2.24) is 30.1 Å². The van der Waals surface area contributed by atoms with Gasteiger partial charge in [0, 0.05) is 58.4 Å². The molecule has 3 aliphatic rings. The first kappa shape index (κ1) is 34.1. The third-order valence-electron chi connectivity index (χ3n) is 9.93. The Bertz CT molecular complexity index is 1070. The zero-order valence-corrected chi connectivity index (χ0v) is 28.8. The average molecular weight is 603 g/mol. The summed E-state index contributed by atoms with van der Waals surface area (Å²) in [7, 11) is 1.79. The minimum absolute atomic E-state index is 0.00764. The molecule has 1 aromatic heterocycles. The molecule has 0 unspecified atom stereocenters. The summed E-state index contributed by atoms with van der Waals surface area (Å²) in [6.45, 7) is 24.0. The fraction of sp³-hybridized carbons (Fsp3) is 0.903. The molecule has 3 radical (unpaired) electrons. The molecule has 3 saturated heterocycles. The van der Waals surface area contributed by atoms with Crippen LogP contribution in [0.4, 0.5) is 17.8 Å². The van der Waals surface area contributed by atoms with E-state index >= 15 is 0 Å². The molecule has 0 amide bonds. The van der Waals surface area contributed by atoms with Crippen LogP contribution in [0, 0.1) is 0 Å². The summed E-state index contributed by atoms with van der Waals surface area (Å²) in [6.07, 6.45) is 3.82. The van der Waals surface area contributed by atoms with Crippen LogP contribution in [0.2, 0.25) is 0 Å². The number of anilines is 3. The number of hydroxylamine groups is 6. The fourth-order valence-corrected chi connectivity index (χ4v) is 8.64. The Morgan fingerprint density at radius 3 is 1.23 bits per heavy atom. The van der Waals surface area contributed by atoms with E-state index < -0.39 is 33.2 Å². The normalized spacial score (nSPS) is 28.0. The second kappa shape index (κ2) is 10.9. The number of aromatic nitrogens is 3. The largest absolute Gasteiger partial charge is 0.357 e. The van der Waals surface area contributed by atoms with E-state index in [1.165, 1.54) is 15.2 Å². The Labute approximate surface area is 259 Å². The van der Waals surface area contributed by atoms with E-state index in [0.29, 0.717) is 56.4 Å². The van der Waals surface area contributed by atoms with Crippen molar-refractivity contribution in [2.75, 3.05) is 22.6 Å². The highest BCUT2D eigenvalue weighted by molar-refractivity contribution is 5.46. The van der Waals surface area contributed by atoms with Crippen molar-refractivity contribution < 1.29 is 15.6 Å². The lowest BCUT2D eigenvalue weighted by Gasteiger charge is -2.57. The summed E-state index contributed by atoms with van der Waals surface area (Å²) >= 11 is 0. The summed E-state index contributed by atoms with van der Waals surface area (Å²) in [6, 6.07) is -0.0789. The fourth-order valence-electron chi connectivity index (χ4n) is 8.64. The third kappa shape index (κ3) is 6.60. The standard InChI is InChI=1S/C31H56N9O3/c1-26(2)14-20(15-27(3,4)38(26)41)33-24-34-23(32-13)35-25(36-24)37(21-16-28(5,6)39(42)29(7,8)17-21)22-18-30(9,10)40(43)31(11,12)19-22/h20-22H,14-19H2,1-13H3,(H2,32,33,34,35,36). The number of rotatable bonds is 6. The van der Waals surface area contributed by atoms with Crippen molar-refractivity contribution in [3.8, 4) is 0 Å². The zero-order chi connectivity index (χ0) is 32.6. The molecule has 243 valence electrons. The molecule has 1 aromatic rings. The molecular formula is C31H56N9O3. The van der Waals surface area contributed by atoms with Crippen LogP contribution in [0.15, 0.2) is 0 Å². The molecule has 12 heteroatoms. The SMILES string of the molecule is CNc1nc(NC2CC(C)(C)N([O])C(C)(C)C2)nc(N(C2CC(C)(C)N([O])C(C)(C)C2)C2CC(C)(C)N([O])C(C)(C)C2)n1. The highest BCUT2D eigenvalue weighted by Crippen LogP contribution is 2.45. The Balaban J connectivity index is 1.79. The number of nitrogens with one attached hydrogen (secondary N) is 2. The maximum absolute atomic E-state index is 13.4. The van der Waals surface area contributed by atoms with Gasteiger partial charge in [0.05, 0.1) is 0 Å². The monoisotopic (exact) mass is 602 g/mol. The quantitative estimate of drug-likeness (QED) is 0.448. The smallest absolute Gasteiger partial charge is 0.232 e. The van der Waals surface area contributed by atoms with Crippen LogP contribution in [0.25, 0.3) is 0 Å². The van der Waals surface area contributed by atoms with Crippen molar-refractivity contribution in [3.05, 3.63) is 0 Å². The number of hydrogen-bond donors (Lipinski definition) is 2. The summed E-state index contributed by atoms with van der Waals surface area (Å²) in [5, 5.41) is 50.1. The Morgan fingerprint density at radius 2 is 0.884 bits per heavy atom. The van der Waals surface area contributed by atoms with Gasteiger partial charge < -0.3 is 15.5 Å². The van der Waals surface area contributed by atoms with Crippen LogP contribution in [0.5, 0.6) is 0 Å². The Hall–Kier alpha value is -1.83. The maximum atomic E-state index is 13.4. The molecule has 0 aromatic carbocycles. The Kier molecular flexibility index (Phi) is 8.64. The molecule has 0 saturated carbocycles. The predicted octanol–water partition coefficient (Wildman–Crippen LogP) is 5.23. The molecule has 2 N–H and O–H groups in total. The van der Waals surface area contributed by atoms with Crippen LogP contribution < -0.4 is 15.5 Å². The summed E-state index contributed by atoms with van der Waals surface area (Å²) in [4.78, 5) is 16.9. The van der Waals surface area contributed by atoms with Gasteiger partial charge in [-0.3, -0.25) is 0 Å². The van der Waals surface area contributed by atoms with Gasteiger partial charge in [-0.1, -0.05) is 0 Å². The first-order valence-electron chi connectivity index (χ1n) is 15.8. The van der Waals surface area contributed by atoms with Crippen LogP contribution in [0.1, 0.15) is 122 Å². The first-order chi connectivity index (χ1) is 19.4. The summed E-state index contributed by atoms with van der Waals surface area (Å²) in [5.74, 6) is 1.43. The molecule has 0 aliphatic carbocycles. The van der Waals surface area contributed by atoms with Crippen molar-refractivity contribution >= 4 is 17.8 Å². The van der Waals surface area contributed by atoms with E-state index in [2.05, 4.69) is 15.5 Å². The molecule has 4 heterocycles. The van der Waals surface area contributed by atoms with E-state index in [-0.39, 0.29) is 18.1 Å². The van der Waals surface area contributed by atoms with Gasteiger partial charge in [-0.2, -0.15) is 15.0 Å². The minimum atomic E-state index is -0.599. The van der Waals surface area contributed by atoms with Crippen LogP contribution in [-0.2, 0) is 15.6 Å². The van der Waals surface area contributed by atoms with Crippen molar-refractivity contribution in [1.29, 1.82) is 0 Å². The van der Waals surface area contributed by atoms with Gasteiger partial charge >= 0.3 is 0 Å². The van der Waals surface area contributed by atoms with E-state index in [0.717, 1.165) is 0 Å². The predicted molar refractivity (Wildman–Crippen MR) is 167 cm³/mol. The third-order valence-corrected chi connectivity index (χ3v) is 9.93. The molecule has 0 bridgehead atoms. The molecule has 12 nitrogen and oxygen atoms in total. The second-order valence-electron chi connectivity index (χ2n) is 17.1. The van der Waals surface area contributed by atoms with Crippen molar-refractivity contribution in [3.63, 3.8) is 0 Å². The average Bonchev–Trinajstić information content (AvgIpc) is 2.83. The van der Waals surface area contributed by atoms with Crippen LogP contribution >= 0.6 is 0 Å². The molecule has 3 aliphatic heterocycles.